The third-order valence-electron chi connectivity index (χ3n) is 8.59. The molecule has 0 amide bonds. The van der Waals surface area contributed by atoms with Crippen molar-refractivity contribution in [1.29, 1.82) is 0 Å². The number of aryl methyl sites for hydroxylation is 1. The number of rotatable bonds is 7. The highest BCUT2D eigenvalue weighted by Gasteiger charge is 2.45. The molecule has 1 aliphatic carbocycles. The molecule has 0 saturated carbocycles. The molecule has 0 spiro atoms. The maximum absolute atomic E-state index is 10.8. The third kappa shape index (κ3) is 4.59. The van der Waals surface area contributed by atoms with E-state index in [4.69, 9.17) is 9.47 Å². The molecule has 1 N–H and O–H groups in total. The molecule has 1 aliphatic rings. The summed E-state index contributed by atoms with van der Waals surface area (Å²) in [5.74, 6) is 2.30. The lowest BCUT2D eigenvalue weighted by atomic mass is 9.68. The molecule has 210 valence electrons. The lowest BCUT2D eigenvalue weighted by Gasteiger charge is -2.34. The minimum absolute atomic E-state index is 0.480. The van der Waals surface area contributed by atoms with Gasteiger partial charge in [-0.15, -0.1) is 0 Å². The molecule has 3 heteroatoms. The van der Waals surface area contributed by atoms with Crippen LogP contribution in [0.5, 0.6) is 17.2 Å². The van der Waals surface area contributed by atoms with Gasteiger partial charge in [0.25, 0.3) is 0 Å². The molecule has 43 heavy (non-hydrogen) atoms. The molecule has 0 bridgehead atoms. The molecule has 0 aromatic heterocycles. The fraction of sp³-hybridized carbons (Fsp3) is 0.100. The smallest absolute Gasteiger partial charge is 0.127 e. The standard InChI is InChI=1S/C40H32O3/c1-27-11-13-28(14-12-27)39(41)29-15-21-33(22-16-29)43-34-25-19-31(20-26-34)40(30-17-23-32(42-2)24-18-30)37-9-5-3-7-35(37)36-8-4-6-10-38(36)40/h3-26,39,41H,1-2H3. The van der Waals surface area contributed by atoms with Gasteiger partial charge in [0, 0.05) is 0 Å². The van der Waals surface area contributed by atoms with Crippen molar-refractivity contribution < 1.29 is 14.6 Å². The lowest BCUT2D eigenvalue weighted by molar-refractivity contribution is 0.220. The van der Waals surface area contributed by atoms with Gasteiger partial charge >= 0.3 is 0 Å². The molecule has 0 saturated heterocycles. The Morgan fingerprint density at radius 1 is 0.512 bits per heavy atom. The molecule has 0 fully saturated rings. The molecule has 6 aromatic rings. The van der Waals surface area contributed by atoms with E-state index in [2.05, 4.69) is 72.8 Å². The Labute approximate surface area is 252 Å². The van der Waals surface area contributed by atoms with E-state index in [1.165, 1.54) is 38.9 Å². The number of hydrogen-bond donors (Lipinski definition) is 1. The quantitative estimate of drug-likeness (QED) is 0.211. The third-order valence-corrected chi connectivity index (χ3v) is 8.59. The van der Waals surface area contributed by atoms with Crippen LogP contribution in [0, 0.1) is 6.92 Å². The van der Waals surface area contributed by atoms with Crippen molar-refractivity contribution >= 4 is 0 Å². The number of hydrogen-bond acceptors (Lipinski definition) is 3. The van der Waals surface area contributed by atoms with Gasteiger partial charge in [0.05, 0.1) is 12.5 Å². The van der Waals surface area contributed by atoms with Gasteiger partial charge in [0.2, 0.25) is 0 Å². The van der Waals surface area contributed by atoms with Crippen LogP contribution in [-0.2, 0) is 5.41 Å². The summed E-state index contributed by atoms with van der Waals surface area (Å²) in [6.07, 6.45) is -0.680. The van der Waals surface area contributed by atoms with E-state index >= 15 is 0 Å². The fourth-order valence-corrected chi connectivity index (χ4v) is 6.43. The SMILES string of the molecule is COc1ccc(C2(c3ccc(Oc4ccc(C(O)c5ccc(C)cc5)cc4)cc3)c3ccccc3-c3ccccc32)cc1. The number of fused-ring (bicyclic) bond motifs is 3. The van der Waals surface area contributed by atoms with Crippen molar-refractivity contribution in [2.45, 2.75) is 18.4 Å². The number of aliphatic hydroxyl groups is 1. The molecule has 0 heterocycles. The Morgan fingerprint density at radius 2 is 0.930 bits per heavy atom. The maximum Gasteiger partial charge on any atom is 0.127 e. The van der Waals surface area contributed by atoms with Gasteiger partial charge < -0.3 is 14.6 Å². The van der Waals surface area contributed by atoms with Gasteiger partial charge in [-0.25, -0.2) is 0 Å². The maximum atomic E-state index is 10.8. The van der Waals surface area contributed by atoms with Gasteiger partial charge in [-0.2, -0.15) is 0 Å². The van der Waals surface area contributed by atoms with Crippen molar-refractivity contribution in [2.24, 2.45) is 0 Å². The summed E-state index contributed by atoms with van der Waals surface area (Å²) in [7, 11) is 1.70. The average Bonchev–Trinajstić information content (AvgIpc) is 3.37. The Balaban J connectivity index is 1.23. The molecule has 1 unspecified atom stereocenters. The topological polar surface area (TPSA) is 38.7 Å². The van der Waals surface area contributed by atoms with Crippen LogP contribution < -0.4 is 9.47 Å². The van der Waals surface area contributed by atoms with Gasteiger partial charge in [-0.3, -0.25) is 0 Å². The molecule has 0 aliphatic heterocycles. The first-order chi connectivity index (χ1) is 21.1. The van der Waals surface area contributed by atoms with E-state index in [0.29, 0.717) is 5.75 Å². The number of ether oxygens (including phenoxy) is 2. The molecule has 7 rings (SSSR count). The number of benzene rings is 6. The van der Waals surface area contributed by atoms with E-state index in [9.17, 15) is 5.11 Å². The number of methoxy groups -OCH3 is 1. The summed E-state index contributed by atoms with van der Waals surface area (Å²) in [6, 6.07) is 49.9. The van der Waals surface area contributed by atoms with Crippen molar-refractivity contribution in [3.63, 3.8) is 0 Å². The van der Waals surface area contributed by atoms with Crippen LogP contribution >= 0.6 is 0 Å². The summed E-state index contributed by atoms with van der Waals surface area (Å²) in [5, 5.41) is 10.8. The van der Waals surface area contributed by atoms with E-state index in [1.54, 1.807) is 7.11 Å². The first-order valence-corrected chi connectivity index (χ1v) is 14.5. The van der Waals surface area contributed by atoms with Crippen LogP contribution in [0.25, 0.3) is 11.1 Å². The van der Waals surface area contributed by atoms with Crippen LogP contribution in [0.3, 0.4) is 0 Å². The van der Waals surface area contributed by atoms with Crippen molar-refractivity contribution in [3.8, 4) is 28.4 Å². The normalized spacial score (nSPS) is 13.6. The van der Waals surface area contributed by atoms with Crippen LogP contribution in [-0.4, -0.2) is 12.2 Å². The average molecular weight is 561 g/mol. The van der Waals surface area contributed by atoms with Crippen LogP contribution in [0.15, 0.2) is 146 Å². The van der Waals surface area contributed by atoms with Crippen molar-refractivity contribution in [2.75, 3.05) is 7.11 Å². The van der Waals surface area contributed by atoms with E-state index in [-0.39, 0.29) is 0 Å². The van der Waals surface area contributed by atoms with E-state index < -0.39 is 11.5 Å². The van der Waals surface area contributed by atoms with E-state index in [0.717, 1.165) is 22.6 Å². The van der Waals surface area contributed by atoms with Crippen LogP contribution in [0.4, 0.5) is 0 Å². The Kier molecular flexibility index (Phi) is 6.81. The fourth-order valence-electron chi connectivity index (χ4n) is 6.43. The second-order valence-corrected chi connectivity index (χ2v) is 11.1. The van der Waals surface area contributed by atoms with Crippen LogP contribution in [0.1, 0.15) is 45.0 Å². The second-order valence-electron chi connectivity index (χ2n) is 11.1. The predicted molar refractivity (Wildman–Crippen MR) is 172 cm³/mol. The van der Waals surface area contributed by atoms with Crippen molar-refractivity contribution in [1.82, 2.24) is 0 Å². The molecule has 3 nitrogen and oxygen atoms in total. The molecular weight excluding hydrogens is 528 g/mol. The van der Waals surface area contributed by atoms with Gasteiger partial charge in [-0.05, 0) is 87.8 Å². The molecule has 0 radical (unpaired) electrons. The first kappa shape index (κ1) is 26.8. The Hall–Kier alpha value is -5.12. The Morgan fingerprint density at radius 3 is 1.42 bits per heavy atom. The largest absolute Gasteiger partial charge is 0.497 e. The predicted octanol–water partition coefficient (Wildman–Crippen LogP) is 9.24. The zero-order valence-corrected chi connectivity index (χ0v) is 24.2. The van der Waals surface area contributed by atoms with Crippen LogP contribution in [0.2, 0.25) is 0 Å². The first-order valence-electron chi connectivity index (χ1n) is 14.5. The van der Waals surface area contributed by atoms with E-state index in [1.807, 2.05) is 79.7 Å². The van der Waals surface area contributed by atoms with Crippen molar-refractivity contribution in [3.05, 3.63) is 185 Å². The zero-order valence-electron chi connectivity index (χ0n) is 24.2. The Bertz CT molecular complexity index is 1820. The summed E-state index contributed by atoms with van der Waals surface area (Å²) < 4.78 is 11.8. The molecular formula is C40H32O3. The lowest BCUT2D eigenvalue weighted by Crippen LogP contribution is -2.28. The van der Waals surface area contributed by atoms with Gasteiger partial charge in [-0.1, -0.05) is 115 Å². The summed E-state index contributed by atoms with van der Waals surface area (Å²) in [5.41, 5.74) is 9.76. The summed E-state index contributed by atoms with van der Waals surface area (Å²) >= 11 is 0. The van der Waals surface area contributed by atoms with Gasteiger partial charge in [0.15, 0.2) is 0 Å². The highest BCUT2D eigenvalue weighted by Crippen LogP contribution is 2.56. The minimum atomic E-state index is -0.680. The summed E-state index contributed by atoms with van der Waals surface area (Å²) in [4.78, 5) is 0. The van der Waals surface area contributed by atoms with Gasteiger partial charge in [0.1, 0.15) is 23.4 Å². The second kappa shape index (κ2) is 10.9. The minimum Gasteiger partial charge on any atom is -0.497 e. The zero-order chi connectivity index (χ0) is 29.4. The molecule has 6 aromatic carbocycles. The monoisotopic (exact) mass is 560 g/mol. The highest BCUT2D eigenvalue weighted by molar-refractivity contribution is 5.86. The summed E-state index contributed by atoms with van der Waals surface area (Å²) in [6.45, 7) is 2.04. The molecule has 1 atom stereocenters. The number of aliphatic hydroxyl groups excluding tert-OH is 1. The highest BCUT2D eigenvalue weighted by atomic mass is 16.5.